The molecule has 3 unspecified atom stereocenters. The molecule has 0 saturated heterocycles. The smallest absolute Gasteiger partial charge is 0.153 e. The molecular formula is C14H24N2O. The van der Waals surface area contributed by atoms with E-state index in [-0.39, 0.29) is 6.04 Å². The number of hydrogen-bond donors (Lipinski definition) is 1. The highest BCUT2D eigenvalue weighted by molar-refractivity contribution is 5.14. The topological polar surface area (TPSA) is 52.0 Å². The van der Waals surface area contributed by atoms with E-state index in [0.717, 1.165) is 30.2 Å². The van der Waals surface area contributed by atoms with Gasteiger partial charge in [0.2, 0.25) is 0 Å². The van der Waals surface area contributed by atoms with Gasteiger partial charge < -0.3 is 10.3 Å². The van der Waals surface area contributed by atoms with Crippen LogP contribution < -0.4 is 5.73 Å². The van der Waals surface area contributed by atoms with Crippen molar-refractivity contribution in [1.82, 2.24) is 5.16 Å². The average molecular weight is 236 g/mol. The first kappa shape index (κ1) is 12.6. The second-order valence-electron chi connectivity index (χ2n) is 5.52. The van der Waals surface area contributed by atoms with Gasteiger partial charge in [-0.2, -0.15) is 0 Å². The van der Waals surface area contributed by atoms with E-state index >= 15 is 0 Å². The summed E-state index contributed by atoms with van der Waals surface area (Å²) in [6.45, 7) is 4.47. The van der Waals surface area contributed by atoms with E-state index in [0.29, 0.717) is 5.92 Å². The summed E-state index contributed by atoms with van der Waals surface area (Å²) in [6, 6.07) is 2.10. The van der Waals surface area contributed by atoms with Crippen LogP contribution >= 0.6 is 0 Å². The summed E-state index contributed by atoms with van der Waals surface area (Å²) in [4.78, 5) is 0. The van der Waals surface area contributed by atoms with Gasteiger partial charge in [-0.25, -0.2) is 0 Å². The van der Waals surface area contributed by atoms with E-state index in [2.05, 4.69) is 25.1 Å². The molecule has 1 aromatic heterocycles. The van der Waals surface area contributed by atoms with Gasteiger partial charge in [0.1, 0.15) is 0 Å². The quantitative estimate of drug-likeness (QED) is 0.865. The van der Waals surface area contributed by atoms with Crippen LogP contribution in [0.15, 0.2) is 10.6 Å². The monoisotopic (exact) mass is 236 g/mol. The van der Waals surface area contributed by atoms with Gasteiger partial charge in [-0.1, -0.05) is 38.3 Å². The molecule has 3 atom stereocenters. The predicted octanol–water partition coefficient (Wildman–Crippen LogP) is 3.77. The highest BCUT2D eigenvalue weighted by atomic mass is 16.5. The first-order valence-electron chi connectivity index (χ1n) is 6.92. The Balaban J connectivity index is 2.02. The molecule has 0 aliphatic heterocycles. The van der Waals surface area contributed by atoms with Gasteiger partial charge in [0, 0.05) is 12.0 Å². The Labute approximate surface area is 104 Å². The third-order valence-electron chi connectivity index (χ3n) is 3.87. The fourth-order valence-corrected chi connectivity index (χ4v) is 2.83. The zero-order valence-corrected chi connectivity index (χ0v) is 11.0. The van der Waals surface area contributed by atoms with Crippen LogP contribution in [0.3, 0.4) is 0 Å². The summed E-state index contributed by atoms with van der Waals surface area (Å²) in [5.74, 6) is 2.27. The Morgan fingerprint density at radius 3 is 3.06 bits per heavy atom. The molecule has 0 amide bonds. The molecule has 1 aromatic rings. The van der Waals surface area contributed by atoms with Crippen molar-refractivity contribution >= 4 is 0 Å². The molecule has 2 rings (SSSR count). The second kappa shape index (κ2) is 5.67. The van der Waals surface area contributed by atoms with Crippen molar-refractivity contribution in [2.75, 3.05) is 0 Å². The summed E-state index contributed by atoms with van der Waals surface area (Å²) in [6.07, 6.45) is 7.22. The largest absolute Gasteiger partial charge is 0.359 e. The molecule has 0 bridgehead atoms. The van der Waals surface area contributed by atoms with Gasteiger partial charge in [0.05, 0.1) is 11.7 Å². The zero-order chi connectivity index (χ0) is 12.3. The minimum absolute atomic E-state index is 0.0160. The lowest BCUT2D eigenvalue weighted by molar-refractivity contribution is 0.314. The molecule has 1 aliphatic rings. The molecule has 0 radical (unpaired) electrons. The number of hydrogen-bond acceptors (Lipinski definition) is 3. The Morgan fingerprint density at radius 1 is 1.53 bits per heavy atom. The zero-order valence-electron chi connectivity index (χ0n) is 11.0. The molecule has 1 heterocycles. The fourth-order valence-electron chi connectivity index (χ4n) is 2.83. The summed E-state index contributed by atoms with van der Waals surface area (Å²) in [5, 5.41) is 4.22. The molecule has 0 aromatic carbocycles. The maximum absolute atomic E-state index is 6.04. The van der Waals surface area contributed by atoms with E-state index in [9.17, 15) is 0 Å². The Hall–Kier alpha value is -0.830. The molecule has 3 nitrogen and oxygen atoms in total. The van der Waals surface area contributed by atoms with E-state index in [4.69, 9.17) is 10.3 Å². The highest BCUT2D eigenvalue weighted by Crippen LogP contribution is 2.36. The number of nitrogens with zero attached hydrogens (tertiary/aromatic N) is 1. The van der Waals surface area contributed by atoms with Gasteiger partial charge in [0.15, 0.2) is 5.76 Å². The Kier molecular flexibility index (Phi) is 4.21. The van der Waals surface area contributed by atoms with Crippen LogP contribution in [-0.2, 0) is 0 Å². The summed E-state index contributed by atoms with van der Waals surface area (Å²) in [7, 11) is 0. The first-order chi connectivity index (χ1) is 8.20. The van der Waals surface area contributed by atoms with Crippen molar-refractivity contribution in [3.8, 4) is 0 Å². The average Bonchev–Trinajstić information content (AvgIpc) is 2.78. The van der Waals surface area contributed by atoms with Crippen LogP contribution in [0.4, 0.5) is 0 Å². The van der Waals surface area contributed by atoms with Crippen molar-refractivity contribution in [3.05, 3.63) is 17.5 Å². The Bertz CT molecular complexity index is 348. The van der Waals surface area contributed by atoms with Crippen molar-refractivity contribution in [3.63, 3.8) is 0 Å². The van der Waals surface area contributed by atoms with E-state index in [1.165, 1.54) is 25.7 Å². The predicted molar refractivity (Wildman–Crippen MR) is 68.7 cm³/mol. The number of aromatic nitrogens is 1. The second-order valence-corrected chi connectivity index (χ2v) is 5.52. The highest BCUT2D eigenvalue weighted by Gasteiger charge is 2.24. The van der Waals surface area contributed by atoms with Crippen LogP contribution in [0.2, 0.25) is 0 Å². The molecular weight excluding hydrogens is 212 g/mol. The van der Waals surface area contributed by atoms with Gasteiger partial charge in [0.25, 0.3) is 0 Å². The molecule has 3 heteroatoms. The minimum Gasteiger partial charge on any atom is -0.359 e. The van der Waals surface area contributed by atoms with E-state index in [1.807, 2.05) is 0 Å². The van der Waals surface area contributed by atoms with Crippen molar-refractivity contribution in [2.24, 2.45) is 11.7 Å². The normalized spacial score (nSPS) is 27.0. The molecule has 1 fully saturated rings. The van der Waals surface area contributed by atoms with Crippen molar-refractivity contribution in [1.29, 1.82) is 0 Å². The lowest BCUT2D eigenvalue weighted by Crippen LogP contribution is -2.12. The van der Waals surface area contributed by atoms with Crippen LogP contribution in [0, 0.1) is 5.92 Å². The summed E-state index contributed by atoms with van der Waals surface area (Å²) >= 11 is 0. The fraction of sp³-hybridized carbons (Fsp3) is 0.786. The van der Waals surface area contributed by atoms with Gasteiger partial charge in [-0.15, -0.1) is 0 Å². The lowest BCUT2D eigenvalue weighted by atomic mass is 9.81. The molecule has 96 valence electrons. The number of nitrogens with two attached hydrogens (primary N) is 1. The molecule has 1 aliphatic carbocycles. The number of rotatable bonds is 4. The first-order valence-corrected chi connectivity index (χ1v) is 6.92. The minimum atomic E-state index is 0.0160. The maximum atomic E-state index is 6.04. The lowest BCUT2D eigenvalue weighted by Gasteiger charge is -2.24. The third kappa shape index (κ3) is 3.09. The van der Waals surface area contributed by atoms with Crippen LogP contribution in [-0.4, -0.2) is 5.16 Å². The molecule has 17 heavy (non-hydrogen) atoms. The maximum Gasteiger partial charge on any atom is 0.153 e. The molecule has 2 N–H and O–H groups in total. The summed E-state index contributed by atoms with van der Waals surface area (Å²) < 4.78 is 5.39. The van der Waals surface area contributed by atoms with Gasteiger partial charge in [-0.05, 0) is 25.2 Å². The van der Waals surface area contributed by atoms with Crippen molar-refractivity contribution < 1.29 is 4.52 Å². The molecule has 1 saturated carbocycles. The van der Waals surface area contributed by atoms with Gasteiger partial charge in [-0.3, -0.25) is 0 Å². The van der Waals surface area contributed by atoms with Crippen molar-refractivity contribution in [2.45, 2.75) is 64.3 Å². The Morgan fingerprint density at radius 2 is 2.35 bits per heavy atom. The third-order valence-corrected chi connectivity index (χ3v) is 3.87. The van der Waals surface area contributed by atoms with E-state index in [1.54, 1.807) is 0 Å². The van der Waals surface area contributed by atoms with Gasteiger partial charge >= 0.3 is 0 Å². The summed E-state index contributed by atoms with van der Waals surface area (Å²) in [5.41, 5.74) is 7.17. The molecule has 0 spiro atoms. The van der Waals surface area contributed by atoms with Crippen LogP contribution in [0.5, 0.6) is 0 Å². The van der Waals surface area contributed by atoms with Crippen LogP contribution in [0.1, 0.15) is 75.8 Å². The van der Waals surface area contributed by atoms with Crippen LogP contribution in [0.25, 0.3) is 0 Å². The van der Waals surface area contributed by atoms with E-state index < -0.39 is 0 Å². The SMILES string of the molecule is CCCC(N)c1cc(C2CCCC(C)C2)no1. The standard InChI is InChI=1S/C14H24N2O/c1-3-5-12(15)14-9-13(16-17-14)11-7-4-6-10(2)8-11/h9-12H,3-8,15H2,1-2H3.